The van der Waals surface area contributed by atoms with Crippen LogP contribution in [-0.2, 0) is 0 Å². The van der Waals surface area contributed by atoms with Crippen LogP contribution in [-0.4, -0.2) is 22.6 Å². The lowest BCUT2D eigenvalue weighted by Gasteiger charge is -2.00. The average Bonchev–Trinajstić information content (AvgIpc) is 2.97. The first-order valence-corrected chi connectivity index (χ1v) is 6.56. The zero-order valence-corrected chi connectivity index (χ0v) is 11.6. The predicted octanol–water partition coefficient (Wildman–Crippen LogP) is 3.40. The largest absolute Gasteiger partial charge is 0.497 e. The van der Waals surface area contributed by atoms with Gasteiger partial charge >= 0.3 is 0 Å². The fourth-order valence-electron chi connectivity index (χ4n) is 2.10. The zero-order chi connectivity index (χ0) is 14.7. The minimum atomic E-state index is -0.125. The SMILES string of the molecule is COc1ccc(C=CC(=O)n2cnc3ccccc32)cc1. The third-order valence-corrected chi connectivity index (χ3v) is 3.23. The van der Waals surface area contributed by atoms with Crippen LogP contribution in [0.1, 0.15) is 10.4 Å². The van der Waals surface area contributed by atoms with E-state index in [1.165, 1.54) is 10.6 Å². The van der Waals surface area contributed by atoms with Crippen molar-refractivity contribution in [1.82, 2.24) is 9.55 Å². The van der Waals surface area contributed by atoms with Crippen LogP contribution in [0.25, 0.3) is 17.1 Å². The van der Waals surface area contributed by atoms with E-state index in [1.54, 1.807) is 19.5 Å². The molecule has 4 heteroatoms. The molecule has 0 N–H and O–H groups in total. The van der Waals surface area contributed by atoms with E-state index in [4.69, 9.17) is 4.74 Å². The number of benzene rings is 2. The van der Waals surface area contributed by atoms with Crippen LogP contribution in [0.15, 0.2) is 60.9 Å². The first-order valence-electron chi connectivity index (χ1n) is 6.56. The maximum atomic E-state index is 12.2. The fourth-order valence-corrected chi connectivity index (χ4v) is 2.10. The number of imidazole rings is 1. The summed E-state index contributed by atoms with van der Waals surface area (Å²) >= 11 is 0. The molecule has 3 rings (SSSR count). The van der Waals surface area contributed by atoms with E-state index in [0.29, 0.717) is 0 Å². The number of rotatable bonds is 3. The van der Waals surface area contributed by atoms with Crippen LogP contribution in [0.5, 0.6) is 5.75 Å². The van der Waals surface area contributed by atoms with Gasteiger partial charge in [0.05, 0.1) is 18.1 Å². The molecule has 4 nitrogen and oxygen atoms in total. The Morgan fingerprint density at radius 2 is 1.90 bits per heavy atom. The van der Waals surface area contributed by atoms with Gasteiger partial charge in [0.25, 0.3) is 5.91 Å². The fraction of sp³-hybridized carbons (Fsp3) is 0.0588. The Balaban J connectivity index is 1.83. The lowest BCUT2D eigenvalue weighted by atomic mass is 10.2. The molecule has 0 saturated carbocycles. The highest BCUT2D eigenvalue weighted by molar-refractivity contribution is 5.99. The van der Waals surface area contributed by atoms with Crippen molar-refractivity contribution in [2.24, 2.45) is 0 Å². The maximum absolute atomic E-state index is 12.2. The molecule has 1 heterocycles. The smallest absolute Gasteiger partial charge is 0.256 e. The van der Waals surface area contributed by atoms with Gasteiger partial charge in [-0.1, -0.05) is 24.3 Å². The van der Waals surface area contributed by atoms with E-state index in [-0.39, 0.29) is 5.91 Å². The Morgan fingerprint density at radius 1 is 1.14 bits per heavy atom. The minimum absolute atomic E-state index is 0.125. The number of methoxy groups -OCH3 is 1. The van der Waals surface area contributed by atoms with Crippen LogP contribution in [0.4, 0.5) is 0 Å². The third kappa shape index (κ3) is 2.69. The van der Waals surface area contributed by atoms with Gasteiger partial charge in [-0.3, -0.25) is 9.36 Å². The number of ether oxygens (including phenoxy) is 1. The van der Waals surface area contributed by atoms with Crippen molar-refractivity contribution in [3.63, 3.8) is 0 Å². The molecule has 0 aliphatic rings. The Hall–Kier alpha value is -2.88. The van der Waals surface area contributed by atoms with Crippen LogP contribution in [0, 0.1) is 0 Å². The summed E-state index contributed by atoms with van der Waals surface area (Å²) in [5.41, 5.74) is 2.55. The summed E-state index contributed by atoms with van der Waals surface area (Å²) in [6, 6.07) is 15.1. The number of fused-ring (bicyclic) bond motifs is 1. The molecular formula is C17H14N2O2. The van der Waals surface area contributed by atoms with Crippen molar-refractivity contribution in [3.8, 4) is 5.75 Å². The molecule has 1 aromatic heterocycles. The van der Waals surface area contributed by atoms with Crippen molar-refractivity contribution in [2.75, 3.05) is 7.11 Å². The highest BCUT2D eigenvalue weighted by atomic mass is 16.5. The summed E-state index contributed by atoms with van der Waals surface area (Å²) < 4.78 is 6.64. The molecule has 0 radical (unpaired) electrons. The Morgan fingerprint density at radius 3 is 2.67 bits per heavy atom. The molecule has 21 heavy (non-hydrogen) atoms. The van der Waals surface area contributed by atoms with Crippen LogP contribution in [0.2, 0.25) is 0 Å². The number of para-hydroxylation sites is 2. The number of nitrogens with zero attached hydrogens (tertiary/aromatic N) is 2. The topological polar surface area (TPSA) is 44.1 Å². The molecule has 0 aliphatic carbocycles. The molecule has 0 fully saturated rings. The molecule has 3 aromatic rings. The molecule has 0 spiro atoms. The lowest BCUT2D eigenvalue weighted by Crippen LogP contribution is -2.05. The van der Waals surface area contributed by atoms with Gasteiger partial charge in [0.15, 0.2) is 0 Å². The molecule has 2 aromatic carbocycles. The molecule has 0 bridgehead atoms. The summed E-state index contributed by atoms with van der Waals surface area (Å²) in [6.07, 6.45) is 4.86. The molecular weight excluding hydrogens is 264 g/mol. The molecule has 0 saturated heterocycles. The summed E-state index contributed by atoms with van der Waals surface area (Å²) in [7, 11) is 1.62. The molecule has 104 valence electrons. The van der Waals surface area contributed by atoms with E-state index in [9.17, 15) is 4.79 Å². The quantitative estimate of drug-likeness (QED) is 0.690. The van der Waals surface area contributed by atoms with E-state index in [2.05, 4.69) is 4.98 Å². The van der Waals surface area contributed by atoms with Crippen LogP contribution >= 0.6 is 0 Å². The summed E-state index contributed by atoms with van der Waals surface area (Å²) in [5, 5.41) is 0. The van der Waals surface area contributed by atoms with Crippen molar-refractivity contribution in [2.45, 2.75) is 0 Å². The average molecular weight is 278 g/mol. The first-order chi connectivity index (χ1) is 10.3. The second-order valence-electron chi connectivity index (χ2n) is 4.55. The van der Waals surface area contributed by atoms with Gasteiger partial charge < -0.3 is 4.74 Å². The maximum Gasteiger partial charge on any atom is 0.256 e. The van der Waals surface area contributed by atoms with Gasteiger partial charge in [0.1, 0.15) is 12.1 Å². The van der Waals surface area contributed by atoms with Crippen LogP contribution in [0.3, 0.4) is 0 Å². The van der Waals surface area contributed by atoms with Gasteiger partial charge in [0.2, 0.25) is 0 Å². The molecule has 0 atom stereocenters. The summed E-state index contributed by atoms with van der Waals surface area (Å²) in [5.74, 6) is 0.665. The van der Waals surface area contributed by atoms with E-state index in [1.807, 2.05) is 48.5 Å². The van der Waals surface area contributed by atoms with Gasteiger partial charge in [0, 0.05) is 6.08 Å². The van der Waals surface area contributed by atoms with Crippen molar-refractivity contribution in [1.29, 1.82) is 0 Å². The first kappa shape index (κ1) is 13.1. The van der Waals surface area contributed by atoms with Crippen molar-refractivity contribution in [3.05, 3.63) is 66.5 Å². The van der Waals surface area contributed by atoms with E-state index in [0.717, 1.165) is 22.3 Å². The molecule has 0 amide bonds. The monoisotopic (exact) mass is 278 g/mol. The normalized spacial score (nSPS) is 11.1. The van der Waals surface area contributed by atoms with Gasteiger partial charge in [-0.05, 0) is 35.9 Å². The third-order valence-electron chi connectivity index (χ3n) is 3.23. The number of carbonyl (C=O) groups excluding carboxylic acids is 1. The number of aromatic nitrogens is 2. The van der Waals surface area contributed by atoms with Gasteiger partial charge in [-0.25, -0.2) is 4.98 Å². The highest BCUT2D eigenvalue weighted by Crippen LogP contribution is 2.14. The van der Waals surface area contributed by atoms with Gasteiger partial charge in [-0.2, -0.15) is 0 Å². The number of hydrogen-bond acceptors (Lipinski definition) is 3. The zero-order valence-electron chi connectivity index (χ0n) is 11.6. The molecule has 0 unspecified atom stereocenters. The van der Waals surface area contributed by atoms with Crippen LogP contribution < -0.4 is 4.74 Å². The summed E-state index contributed by atoms with van der Waals surface area (Å²) in [4.78, 5) is 16.4. The Bertz CT molecular complexity index is 801. The summed E-state index contributed by atoms with van der Waals surface area (Å²) in [6.45, 7) is 0. The minimum Gasteiger partial charge on any atom is -0.497 e. The second-order valence-corrected chi connectivity index (χ2v) is 4.55. The Kier molecular flexibility index (Phi) is 3.51. The van der Waals surface area contributed by atoms with Gasteiger partial charge in [-0.15, -0.1) is 0 Å². The molecule has 0 aliphatic heterocycles. The predicted molar refractivity (Wildman–Crippen MR) is 82.4 cm³/mol. The number of carbonyl (C=O) groups is 1. The standard InChI is InChI=1S/C17H14N2O2/c1-21-14-9-6-13(7-10-14)8-11-17(20)19-12-18-15-4-2-3-5-16(15)19/h2-12H,1H3. The highest BCUT2D eigenvalue weighted by Gasteiger charge is 2.06. The Labute approximate surface area is 122 Å². The lowest BCUT2D eigenvalue weighted by molar-refractivity contribution is 0.0974. The van der Waals surface area contributed by atoms with Crippen molar-refractivity contribution >= 4 is 23.0 Å². The van der Waals surface area contributed by atoms with Crippen molar-refractivity contribution < 1.29 is 9.53 Å². The number of hydrogen-bond donors (Lipinski definition) is 0. The second kappa shape index (κ2) is 5.63. The van der Waals surface area contributed by atoms with E-state index >= 15 is 0 Å². The number of allylic oxidation sites excluding steroid dienone is 1. The van der Waals surface area contributed by atoms with E-state index < -0.39 is 0 Å².